The number of benzene rings is 1. The standard InChI is InChI=1S/C15H24N4O/c1-20-11-10-12-6-2-5-9-14(12)18-15(19-16)17-13-7-3-4-8-13/h2,5-6,9,13H,3-4,7-8,10-11,16H2,1H3,(H2,17,18,19). The van der Waals surface area contributed by atoms with Gasteiger partial charge in [-0.05, 0) is 30.9 Å². The first-order chi connectivity index (χ1) is 9.83. The van der Waals surface area contributed by atoms with E-state index in [1.807, 2.05) is 18.2 Å². The summed E-state index contributed by atoms with van der Waals surface area (Å²) in [5, 5.41) is 3.29. The number of nitrogens with zero attached hydrogens (tertiary/aromatic N) is 1. The Balaban J connectivity index is 2.06. The van der Waals surface area contributed by atoms with Gasteiger partial charge in [0.25, 0.3) is 0 Å². The van der Waals surface area contributed by atoms with Gasteiger partial charge in [0.05, 0.1) is 12.6 Å². The molecule has 0 bridgehead atoms. The van der Waals surface area contributed by atoms with Crippen LogP contribution in [-0.2, 0) is 11.2 Å². The van der Waals surface area contributed by atoms with Gasteiger partial charge >= 0.3 is 0 Å². The zero-order valence-corrected chi connectivity index (χ0v) is 12.1. The first-order valence-electron chi connectivity index (χ1n) is 7.21. The molecule has 1 aliphatic rings. The molecule has 1 aromatic rings. The van der Waals surface area contributed by atoms with Gasteiger partial charge < -0.3 is 10.1 Å². The molecule has 0 spiro atoms. The minimum atomic E-state index is 0.389. The van der Waals surface area contributed by atoms with Crippen LogP contribution in [0.2, 0.25) is 0 Å². The van der Waals surface area contributed by atoms with E-state index < -0.39 is 0 Å². The number of hydrogen-bond donors (Lipinski definition) is 3. The molecule has 0 heterocycles. The molecule has 5 nitrogen and oxygen atoms in total. The third-order valence-corrected chi connectivity index (χ3v) is 3.62. The molecule has 5 heteroatoms. The number of nitrogens with two attached hydrogens (primary N) is 1. The topological polar surface area (TPSA) is 71.7 Å². The fourth-order valence-corrected chi connectivity index (χ4v) is 2.52. The normalized spacial score (nSPS) is 16.4. The Bertz CT molecular complexity index is 441. The highest BCUT2D eigenvalue weighted by molar-refractivity contribution is 5.94. The molecule has 1 aromatic carbocycles. The number of nitrogens with one attached hydrogen (secondary N) is 2. The molecule has 1 aliphatic carbocycles. The second-order valence-corrected chi connectivity index (χ2v) is 5.09. The van der Waals surface area contributed by atoms with E-state index in [9.17, 15) is 0 Å². The minimum absolute atomic E-state index is 0.389. The van der Waals surface area contributed by atoms with Crippen molar-refractivity contribution in [3.63, 3.8) is 0 Å². The maximum Gasteiger partial charge on any atom is 0.210 e. The zero-order chi connectivity index (χ0) is 14.2. The lowest BCUT2D eigenvalue weighted by Crippen LogP contribution is -2.37. The Morgan fingerprint density at radius 3 is 2.80 bits per heavy atom. The van der Waals surface area contributed by atoms with Crippen LogP contribution in [0.1, 0.15) is 31.2 Å². The summed E-state index contributed by atoms with van der Waals surface area (Å²) in [5.74, 6) is 6.22. The van der Waals surface area contributed by atoms with Crippen molar-refractivity contribution in [3.8, 4) is 0 Å². The quantitative estimate of drug-likeness (QED) is 0.333. The van der Waals surface area contributed by atoms with Crippen molar-refractivity contribution in [3.05, 3.63) is 29.8 Å². The van der Waals surface area contributed by atoms with Gasteiger partial charge in [0.15, 0.2) is 0 Å². The van der Waals surface area contributed by atoms with Crippen LogP contribution in [0.25, 0.3) is 0 Å². The summed E-state index contributed by atoms with van der Waals surface area (Å²) >= 11 is 0. The molecule has 20 heavy (non-hydrogen) atoms. The predicted molar refractivity (Wildman–Crippen MR) is 82.7 cm³/mol. The summed E-state index contributed by atoms with van der Waals surface area (Å²) in [6.07, 6.45) is 5.68. The minimum Gasteiger partial charge on any atom is -0.384 e. The van der Waals surface area contributed by atoms with Crippen molar-refractivity contribution in [1.82, 2.24) is 5.43 Å². The molecule has 110 valence electrons. The number of anilines is 1. The fourth-order valence-electron chi connectivity index (χ4n) is 2.52. The van der Waals surface area contributed by atoms with Crippen LogP contribution in [0.15, 0.2) is 29.3 Å². The monoisotopic (exact) mass is 276 g/mol. The molecule has 1 saturated carbocycles. The molecular formula is C15H24N4O. The van der Waals surface area contributed by atoms with E-state index in [0.717, 1.165) is 24.9 Å². The van der Waals surface area contributed by atoms with E-state index in [1.165, 1.54) is 18.4 Å². The molecule has 0 saturated heterocycles. The van der Waals surface area contributed by atoms with Gasteiger partial charge in [-0.2, -0.15) is 0 Å². The Hall–Kier alpha value is -1.59. The zero-order valence-electron chi connectivity index (χ0n) is 12.1. The smallest absolute Gasteiger partial charge is 0.210 e. The van der Waals surface area contributed by atoms with Crippen LogP contribution in [0.3, 0.4) is 0 Å². The van der Waals surface area contributed by atoms with Crippen molar-refractivity contribution in [2.75, 3.05) is 19.0 Å². The summed E-state index contributed by atoms with van der Waals surface area (Å²) in [4.78, 5) is 4.65. The number of aliphatic imine (C=N–C) groups is 1. The Morgan fingerprint density at radius 1 is 1.35 bits per heavy atom. The number of guanidine groups is 1. The van der Waals surface area contributed by atoms with E-state index in [2.05, 4.69) is 21.8 Å². The predicted octanol–water partition coefficient (Wildman–Crippen LogP) is 2.05. The van der Waals surface area contributed by atoms with Gasteiger partial charge in [-0.15, -0.1) is 0 Å². The summed E-state index contributed by atoms with van der Waals surface area (Å²) in [5.41, 5.74) is 4.89. The van der Waals surface area contributed by atoms with Gasteiger partial charge in [-0.25, -0.2) is 10.8 Å². The van der Waals surface area contributed by atoms with Crippen LogP contribution in [0, 0.1) is 0 Å². The highest BCUT2D eigenvalue weighted by atomic mass is 16.5. The number of para-hydroxylation sites is 1. The van der Waals surface area contributed by atoms with E-state index in [-0.39, 0.29) is 0 Å². The number of ether oxygens (including phenoxy) is 1. The molecule has 0 atom stereocenters. The Labute approximate surface area is 120 Å². The SMILES string of the molecule is COCCc1ccccc1NC(=NC1CCCC1)NN. The molecule has 2 rings (SSSR count). The van der Waals surface area contributed by atoms with Crippen LogP contribution >= 0.6 is 0 Å². The lowest BCUT2D eigenvalue weighted by atomic mass is 10.1. The number of rotatable bonds is 5. The van der Waals surface area contributed by atoms with Crippen molar-refractivity contribution >= 4 is 11.6 Å². The maximum absolute atomic E-state index is 5.58. The largest absolute Gasteiger partial charge is 0.384 e. The second kappa shape index (κ2) is 7.87. The summed E-state index contributed by atoms with van der Waals surface area (Å²) in [7, 11) is 1.71. The lowest BCUT2D eigenvalue weighted by Gasteiger charge is -2.14. The number of hydrazine groups is 1. The first kappa shape index (κ1) is 14.8. The van der Waals surface area contributed by atoms with Gasteiger partial charge in [0, 0.05) is 12.8 Å². The highest BCUT2D eigenvalue weighted by Gasteiger charge is 2.15. The highest BCUT2D eigenvalue weighted by Crippen LogP contribution is 2.21. The third kappa shape index (κ3) is 4.21. The maximum atomic E-state index is 5.58. The summed E-state index contributed by atoms with van der Waals surface area (Å²) in [6, 6.07) is 8.54. The van der Waals surface area contributed by atoms with Gasteiger partial charge in [0.2, 0.25) is 5.96 Å². The molecule has 0 amide bonds. The molecule has 0 unspecified atom stereocenters. The second-order valence-electron chi connectivity index (χ2n) is 5.09. The Morgan fingerprint density at radius 2 is 2.10 bits per heavy atom. The van der Waals surface area contributed by atoms with E-state index >= 15 is 0 Å². The van der Waals surface area contributed by atoms with Crippen LogP contribution < -0.4 is 16.6 Å². The molecular weight excluding hydrogens is 252 g/mol. The lowest BCUT2D eigenvalue weighted by molar-refractivity contribution is 0.202. The molecule has 1 fully saturated rings. The molecule has 0 radical (unpaired) electrons. The van der Waals surface area contributed by atoms with Gasteiger partial charge in [0.1, 0.15) is 0 Å². The van der Waals surface area contributed by atoms with Gasteiger partial charge in [-0.3, -0.25) is 5.43 Å². The fraction of sp³-hybridized carbons (Fsp3) is 0.533. The van der Waals surface area contributed by atoms with E-state index in [0.29, 0.717) is 18.6 Å². The number of hydrogen-bond acceptors (Lipinski definition) is 3. The van der Waals surface area contributed by atoms with Crippen molar-refractivity contribution < 1.29 is 4.74 Å². The van der Waals surface area contributed by atoms with Crippen molar-refractivity contribution in [2.45, 2.75) is 38.1 Å². The average Bonchev–Trinajstić information content (AvgIpc) is 2.98. The van der Waals surface area contributed by atoms with E-state index in [1.54, 1.807) is 7.11 Å². The summed E-state index contributed by atoms with van der Waals surface area (Å²) in [6.45, 7) is 0.698. The van der Waals surface area contributed by atoms with Gasteiger partial charge in [-0.1, -0.05) is 31.0 Å². The Kier molecular flexibility index (Phi) is 5.83. The van der Waals surface area contributed by atoms with Crippen molar-refractivity contribution in [2.24, 2.45) is 10.8 Å². The number of methoxy groups -OCH3 is 1. The average molecular weight is 276 g/mol. The molecule has 0 aromatic heterocycles. The third-order valence-electron chi connectivity index (χ3n) is 3.62. The molecule has 0 aliphatic heterocycles. The van der Waals surface area contributed by atoms with Crippen LogP contribution in [0.5, 0.6) is 0 Å². The van der Waals surface area contributed by atoms with Crippen LogP contribution in [-0.4, -0.2) is 25.7 Å². The molecule has 4 N–H and O–H groups in total. The van der Waals surface area contributed by atoms with Crippen molar-refractivity contribution in [1.29, 1.82) is 0 Å². The van der Waals surface area contributed by atoms with E-state index in [4.69, 9.17) is 10.6 Å². The van der Waals surface area contributed by atoms with Crippen LogP contribution in [0.4, 0.5) is 5.69 Å². The first-order valence-corrected chi connectivity index (χ1v) is 7.21. The summed E-state index contributed by atoms with van der Waals surface area (Å²) < 4.78 is 5.14.